The molecule has 0 spiro atoms. The van der Waals surface area contributed by atoms with Crippen LogP contribution in [0.1, 0.15) is 11.9 Å². The summed E-state index contributed by atoms with van der Waals surface area (Å²) in [4.78, 5) is 0. The summed E-state index contributed by atoms with van der Waals surface area (Å²) in [5.41, 5.74) is 1.00. The molecular formula is C14H16O5. The molecule has 19 heavy (non-hydrogen) atoms. The monoisotopic (exact) mass is 264 g/mol. The van der Waals surface area contributed by atoms with Crippen molar-refractivity contribution >= 4 is 0 Å². The van der Waals surface area contributed by atoms with E-state index in [1.165, 1.54) is 0 Å². The molecule has 6 atom stereocenters. The summed E-state index contributed by atoms with van der Waals surface area (Å²) in [5, 5.41) is 0. The van der Waals surface area contributed by atoms with Crippen molar-refractivity contribution in [2.24, 2.45) is 0 Å². The molecule has 2 bridgehead atoms. The van der Waals surface area contributed by atoms with Gasteiger partial charge in [-0.05, 0) is 0 Å². The zero-order valence-corrected chi connectivity index (χ0v) is 10.6. The van der Waals surface area contributed by atoms with Crippen LogP contribution in [0.3, 0.4) is 0 Å². The van der Waals surface area contributed by atoms with Crippen molar-refractivity contribution in [2.45, 2.75) is 37.0 Å². The van der Waals surface area contributed by atoms with Gasteiger partial charge >= 0.3 is 0 Å². The van der Waals surface area contributed by atoms with E-state index in [0.29, 0.717) is 6.61 Å². The lowest BCUT2D eigenvalue weighted by molar-refractivity contribution is -0.200. The van der Waals surface area contributed by atoms with Crippen LogP contribution in [0.25, 0.3) is 0 Å². The summed E-state index contributed by atoms with van der Waals surface area (Å²) in [7, 11) is 1.67. The fraction of sp³-hybridized carbons (Fsp3) is 0.571. The molecule has 4 rings (SSSR count). The number of hydrogen-bond acceptors (Lipinski definition) is 5. The Bertz CT molecular complexity index is 450. The van der Waals surface area contributed by atoms with Gasteiger partial charge < -0.3 is 23.7 Å². The molecule has 0 aromatic heterocycles. The lowest BCUT2D eigenvalue weighted by Crippen LogP contribution is -2.53. The maximum Gasteiger partial charge on any atom is 0.187 e. The second kappa shape index (κ2) is 4.54. The van der Waals surface area contributed by atoms with E-state index in [0.717, 1.165) is 5.56 Å². The second-order valence-corrected chi connectivity index (χ2v) is 5.02. The van der Waals surface area contributed by atoms with Crippen LogP contribution in [0, 0.1) is 0 Å². The highest BCUT2D eigenvalue weighted by Crippen LogP contribution is 2.42. The van der Waals surface area contributed by atoms with Gasteiger partial charge in [-0.2, -0.15) is 0 Å². The Kier molecular flexibility index (Phi) is 2.82. The standard InChI is InChI=1S/C14H16O5/c1-15-10-9-7-16-14(17-9)12-11(10)18-13(19-12)8-5-3-2-4-6-8/h2-6,9-14H,7H2,1H3. The van der Waals surface area contributed by atoms with E-state index < -0.39 is 0 Å². The van der Waals surface area contributed by atoms with Crippen LogP contribution >= 0.6 is 0 Å². The Balaban J connectivity index is 1.60. The highest BCUT2D eigenvalue weighted by molar-refractivity contribution is 5.17. The fourth-order valence-corrected chi connectivity index (χ4v) is 3.01. The zero-order valence-electron chi connectivity index (χ0n) is 10.6. The Morgan fingerprint density at radius 1 is 1.05 bits per heavy atom. The molecule has 3 aliphatic heterocycles. The van der Waals surface area contributed by atoms with E-state index in [9.17, 15) is 0 Å². The van der Waals surface area contributed by atoms with Gasteiger partial charge in [0.2, 0.25) is 0 Å². The van der Waals surface area contributed by atoms with Crippen molar-refractivity contribution < 1.29 is 23.7 Å². The van der Waals surface area contributed by atoms with Gasteiger partial charge in [0, 0.05) is 12.7 Å². The summed E-state index contributed by atoms with van der Waals surface area (Å²) in [5.74, 6) is 0. The van der Waals surface area contributed by atoms with E-state index in [-0.39, 0.29) is 37.0 Å². The van der Waals surface area contributed by atoms with E-state index in [1.54, 1.807) is 7.11 Å². The molecule has 1 aromatic carbocycles. The highest BCUT2D eigenvalue weighted by atomic mass is 16.8. The van der Waals surface area contributed by atoms with E-state index >= 15 is 0 Å². The third-order valence-electron chi connectivity index (χ3n) is 3.92. The van der Waals surface area contributed by atoms with E-state index in [2.05, 4.69) is 0 Å². The van der Waals surface area contributed by atoms with E-state index in [1.807, 2.05) is 30.3 Å². The average Bonchev–Trinajstić information content (AvgIpc) is 3.07. The first kappa shape index (κ1) is 11.8. The Labute approximate surface area is 111 Å². The molecule has 0 N–H and O–H groups in total. The summed E-state index contributed by atoms with van der Waals surface area (Å²) < 4.78 is 28.8. The van der Waals surface area contributed by atoms with Crippen LogP contribution in [0.4, 0.5) is 0 Å². The third-order valence-corrected chi connectivity index (χ3v) is 3.92. The largest absolute Gasteiger partial charge is 0.376 e. The van der Waals surface area contributed by atoms with Gasteiger partial charge in [-0.1, -0.05) is 30.3 Å². The van der Waals surface area contributed by atoms with Crippen LogP contribution in [0.15, 0.2) is 30.3 Å². The van der Waals surface area contributed by atoms with Crippen LogP contribution < -0.4 is 0 Å². The van der Waals surface area contributed by atoms with Crippen LogP contribution in [0.5, 0.6) is 0 Å². The summed E-state index contributed by atoms with van der Waals surface area (Å²) in [6.07, 6.45) is -1.28. The average molecular weight is 264 g/mol. The summed E-state index contributed by atoms with van der Waals surface area (Å²) >= 11 is 0. The molecule has 5 heteroatoms. The van der Waals surface area contributed by atoms with Gasteiger partial charge in [0.25, 0.3) is 0 Å². The molecule has 0 amide bonds. The smallest absolute Gasteiger partial charge is 0.187 e. The minimum absolute atomic E-state index is 0.0608. The van der Waals surface area contributed by atoms with Gasteiger partial charge in [-0.15, -0.1) is 0 Å². The molecule has 102 valence electrons. The first-order valence-electron chi connectivity index (χ1n) is 6.52. The topological polar surface area (TPSA) is 46.2 Å². The number of hydrogen-bond donors (Lipinski definition) is 0. The lowest BCUT2D eigenvalue weighted by atomic mass is 10.0. The van der Waals surface area contributed by atoms with Crippen LogP contribution in [-0.2, 0) is 23.7 Å². The molecule has 3 aliphatic rings. The molecule has 5 nitrogen and oxygen atoms in total. The number of benzene rings is 1. The van der Waals surface area contributed by atoms with Gasteiger partial charge in [-0.3, -0.25) is 0 Å². The van der Waals surface area contributed by atoms with Crippen molar-refractivity contribution in [1.29, 1.82) is 0 Å². The van der Waals surface area contributed by atoms with Gasteiger partial charge in [0.1, 0.15) is 24.4 Å². The van der Waals surface area contributed by atoms with Crippen molar-refractivity contribution in [2.75, 3.05) is 13.7 Å². The van der Waals surface area contributed by atoms with Crippen molar-refractivity contribution in [3.8, 4) is 0 Å². The molecule has 1 aromatic rings. The lowest BCUT2D eigenvalue weighted by Gasteiger charge is -2.33. The molecule has 6 unspecified atom stereocenters. The SMILES string of the molecule is COC1C2COC(O2)C2OC(c3ccccc3)OC12. The Hall–Kier alpha value is -0.980. The number of fused-ring (bicyclic) bond motifs is 4. The van der Waals surface area contributed by atoms with Crippen molar-refractivity contribution in [3.05, 3.63) is 35.9 Å². The van der Waals surface area contributed by atoms with Crippen LogP contribution in [0.2, 0.25) is 0 Å². The van der Waals surface area contributed by atoms with Gasteiger partial charge in [0.15, 0.2) is 12.6 Å². The number of methoxy groups -OCH3 is 1. The number of rotatable bonds is 2. The third kappa shape index (κ3) is 1.81. The second-order valence-electron chi connectivity index (χ2n) is 5.02. The Morgan fingerprint density at radius 3 is 2.63 bits per heavy atom. The number of ether oxygens (including phenoxy) is 5. The molecule has 0 aliphatic carbocycles. The quantitative estimate of drug-likeness (QED) is 0.804. The minimum Gasteiger partial charge on any atom is -0.376 e. The predicted molar refractivity (Wildman–Crippen MR) is 64.3 cm³/mol. The summed E-state index contributed by atoms with van der Waals surface area (Å²) in [6, 6.07) is 9.89. The first-order valence-corrected chi connectivity index (χ1v) is 6.52. The molecule has 3 heterocycles. The van der Waals surface area contributed by atoms with Crippen LogP contribution in [-0.4, -0.2) is 44.4 Å². The Morgan fingerprint density at radius 2 is 1.84 bits per heavy atom. The van der Waals surface area contributed by atoms with Gasteiger partial charge in [0.05, 0.1) is 6.61 Å². The fourth-order valence-electron chi connectivity index (χ4n) is 3.01. The normalized spacial score (nSPS) is 44.3. The van der Waals surface area contributed by atoms with Gasteiger partial charge in [-0.25, -0.2) is 0 Å². The molecular weight excluding hydrogens is 248 g/mol. The zero-order chi connectivity index (χ0) is 12.8. The van der Waals surface area contributed by atoms with E-state index in [4.69, 9.17) is 23.7 Å². The predicted octanol–water partition coefficient (Wildman–Crippen LogP) is 1.24. The molecule has 0 radical (unpaired) electrons. The maximum absolute atomic E-state index is 6.03. The maximum atomic E-state index is 6.03. The highest BCUT2D eigenvalue weighted by Gasteiger charge is 2.57. The molecule has 0 saturated carbocycles. The summed E-state index contributed by atoms with van der Waals surface area (Å²) in [6.45, 7) is 0.541. The molecule has 3 fully saturated rings. The minimum atomic E-state index is -0.375. The first-order chi connectivity index (χ1) is 9.36. The molecule has 3 saturated heterocycles. The van der Waals surface area contributed by atoms with Crippen molar-refractivity contribution in [3.63, 3.8) is 0 Å². The van der Waals surface area contributed by atoms with Crippen molar-refractivity contribution in [1.82, 2.24) is 0 Å².